The molecule has 2 heterocycles. The molecule has 5 rings (SSSR count). The standard InChI is InChI=1S/C29H33N3O2/c1-5-34-27(33)24-23(20-12-8-6-9-13-20)25(21-14-10-7-11-15-21)30-31-26(24)32-19-29(4)17-22(32)16-28(2,3)18-29/h6-15,22H,5,16-19H2,1-4H3. The third-order valence-corrected chi connectivity index (χ3v) is 7.23. The summed E-state index contributed by atoms with van der Waals surface area (Å²) in [5, 5.41) is 9.49. The van der Waals surface area contributed by atoms with Crippen molar-refractivity contribution in [3.63, 3.8) is 0 Å². The van der Waals surface area contributed by atoms with E-state index in [0.29, 0.717) is 29.7 Å². The van der Waals surface area contributed by atoms with Crippen LogP contribution in [0.1, 0.15) is 57.3 Å². The van der Waals surface area contributed by atoms with Crippen molar-refractivity contribution in [2.75, 3.05) is 18.1 Å². The number of esters is 1. The maximum absolute atomic E-state index is 13.6. The number of aromatic nitrogens is 2. The van der Waals surface area contributed by atoms with Crippen molar-refractivity contribution in [1.29, 1.82) is 0 Å². The summed E-state index contributed by atoms with van der Waals surface area (Å²) in [6.07, 6.45) is 3.36. The molecule has 0 spiro atoms. The molecule has 1 aliphatic carbocycles. The molecule has 0 N–H and O–H groups in total. The van der Waals surface area contributed by atoms with Crippen LogP contribution >= 0.6 is 0 Å². The van der Waals surface area contributed by atoms with Crippen LogP contribution in [0.15, 0.2) is 60.7 Å². The number of hydrogen-bond donors (Lipinski definition) is 0. The zero-order valence-corrected chi connectivity index (χ0v) is 20.5. The number of anilines is 1. The Balaban J connectivity index is 1.75. The lowest BCUT2D eigenvalue weighted by Crippen LogP contribution is -2.35. The van der Waals surface area contributed by atoms with Crippen molar-refractivity contribution in [1.82, 2.24) is 10.2 Å². The van der Waals surface area contributed by atoms with Crippen LogP contribution in [0.25, 0.3) is 22.4 Å². The number of nitrogens with zero attached hydrogens (tertiary/aromatic N) is 3. The van der Waals surface area contributed by atoms with Gasteiger partial charge in [-0.2, -0.15) is 0 Å². The summed E-state index contributed by atoms with van der Waals surface area (Å²) in [6.45, 7) is 10.1. The Morgan fingerprint density at radius 3 is 2.26 bits per heavy atom. The molecule has 2 atom stereocenters. The second-order valence-electron chi connectivity index (χ2n) is 10.9. The molecule has 176 valence electrons. The van der Waals surface area contributed by atoms with Gasteiger partial charge >= 0.3 is 5.97 Å². The highest BCUT2D eigenvalue weighted by atomic mass is 16.5. The predicted octanol–water partition coefficient (Wildman–Crippen LogP) is 6.39. The van der Waals surface area contributed by atoms with Gasteiger partial charge in [-0.1, -0.05) is 81.4 Å². The molecule has 34 heavy (non-hydrogen) atoms. The minimum absolute atomic E-state index is 0.199. The van der Waals surface area contributed by atoms with Gasteiger partial charge in [0, 0.05) is 23.7 Å². The summed E-state index contributed by atoms with van der Waals surface area (Å²) in [6, 6.07) is 20.3. The molecule has 3 aromatic rings. The maximum Gasteiger partial charge on any atom is 0.342 e. The largest absolute Gasteiger partial charge is 0.462 e. The second-order valence-corrected chi connectivity index (χ2v) is 10.9. The van der Waals surface area contributed by atoms with E-state index in [1.54, 1.807) is 0 Å². The molecule has 5 nitrogen and oxygen atoms in total. The lowest BCUT2D eigenvalue weighted by Gasteiger charge is -2.39. The van der Waals surface area contributed by atoms with Crippen molar-refractivity contribution in [3.05, 3.63) is 66.2 Å². The molecule has 2 fully saturated rings. The second kappa shape index (κ2) is 8.53. The summed E-state index contributed by atoms with van der Waals surface area (Å²) in [5.74, 6) is 0.317. The first-order chi connectivity index (χ1) is 16.3. The highest BCUT2D eigenvalue weighted by Crippen LogP contribution is 2.54. The molecule has 0 radical (unpaired) electrons. The van der Waals surface area contributed by atoms with Crippen LogP contribution < -0.4 is 4.90 Å². The van der Waals surface area contributed by atoms with Crippen molar-refractivity contribution >= 4 is 11.8 Å². The lowest BCUT2D eigenvalue weighted by atomic mass is 9.65. The summed E-state index contributed by atoms with van der Waals surface area (Å²) < 4.78 is 5.63. The highest BCUT2D eigenvalue weighted by Gasteiger charge is 2.51. The number of fused-ring (bicyclic) bond motifs is 2. The molecule has 1 aromatic heterocycles. The van der Waals surface area contributed by atoms with Crippen molar-refractivity contribution in [2.45, 2.75) is 53.0 Å². The number of benzene rings is 2. The Kier molecular flexibility index (Phi) is 5.67. The Hall–Kier alpha value is -3.21. The van der Waals surface area contributed by atoms with E-state index in [0.717, 1.165) is 36.1 Å². The first-order valence-corrected chi connectivity index (χ1v) is 12.3. The van der Waals surface area contributed by atoms with Gasteiger partial charge in [0.15, 0.2) is 5.82 Å². The third kappa shape index (κ3) is 4.08. The zero-order chi connectivity index (χ0) is 23.9. The van der Waals surface area contributed by atoms with Gasteiger partial charge in [0.05, 0.1) is 6.61 Å². The predicted molar refractivity (Wildman–Crippen MR) is 136 cm³/mol. The fraction of sp³-hybridized carbons (Fsp3) is 0.414. The molecule has 2 aliphatic rings. The smallest absolute Gasteiger partial charge is 0.342 e. The molecule has 2 aromatic carbocycles. The van der Waals surface area contributed by atoms with Gasteiger partial charge < -0.3 is 9.64 Å². The van der Waals surface area contributed by atoms with Crippen LogP contribution in [0.3, 0.4) is 0 Å². The molecule has 2 bridgehead atoms. The first-order valence-electron chi connectivity index (χ1n) is 12.3. The van der Waals surface area contributed by atoms with Gasteiger partial charge in [0.25, 0.3) is 0 Å². The molecular weight excluding hydrogens is 422 g/mol. The van der Waals surface area contributed by atoms with Crippen LogP contribution in [-0.2, 0) is 4.74 Å². The summed E-state index contributed by atoms with van der Waals surface area (Å²) in [5.41, 5.74) is 4.35. The number of carbonyl (C=O) groups excluding carboxylic acids is 1. The minimum Gasteiger partial charge on any atom is -0.462 e. The van der Waals surface area contributed by atoms with E-state index < -0.39 is 0 Å². The van der Waals surface area contributed by atoms with Crippen molar-refractivity contribution in [3.8, 4) is 22.4 Å². The number of ether oxygens (including phenoxy) is 1. The Labute approximate surface area is 202 Å². The fourth-order valence-electron chi connectivity index (χ4n) is 6.42. The summed E-state index contributed by atoms with van der Waals surface area (Å²) in [7, 11) is 0. The van der Waals surface area contributed by atoms with E-state index in [1.165, 1.54) is 6.42 Å². The van der Waals surface area contributed by atoms with Crippen LogP contribution in [0, 0.1) is 10.8 Å². The Morgan fingerprint density at radius 1 is 0.971 bits per heavy atom. The van der Waals surface area contributed by atoms with Gasteiger partial charge in [-0.3, -0.25) is 0 Å². The SMILES string of the molecule is CCOC(=O)c1c(N2CC3(C)CC2CC(C)(C)C3)nnc(-c2ccccc2)c1-c1ccccc1. The van der Waals surface area contributed by atoms with E-state index in [4.69, 9.17) is 14.9 Å². The fourth-order valence-corrected chi connectivity index (χ4v) is 6.42. The topological polar surface area (TPSA) is 55.3 Å². The normalized spacial score (nSPS) is 23.1. The third-order valence-electron chi connectivity index (χ3n) is 7.23. The monoisotopic (exact) mass is 455 g/mol. The molecule has 1 saturated carbocycles. The summed E-state index contributed by atoms with van der Waals surface area (Å²) >= 11 is 0. The average Bonchev–Trinajstić information content (AvgIpc) is 3.07. The van der Waals surface area contributed by atoms with Crippen LogP contribution in [0.4, 0.5) is 5.82 Å². The van der Waals surface area contributed by atoms with Crippen molar-refractivity contribution < 1.29 is 9.53 Å². The van der Waals surface area contributed by atoms with Crippen LogP contribution in [-0.4, -0.2) is 35.4 Å². The van der Waals surface area contributed by atoms with Gasteiger partial charge in [-0.15, -0.1) is 10.2 Å². The lowest BCUT2D eigenvalue weighted by molar-refractivity contribution is 0.0527. The van der Waals surface area contributed by atoms with Crippen LogP contribution in [0.2, 0.25) is 0 Å². The molecule has 1 saturated heterocycles. The Bertz CT molecular complexity index is 1190. The Morgan fingerprint density at radius 2 is 1.62 bits per heavy atom. The van der Waals surface area contributed by atoms with Crippen LogP contribution in [0.5, 0.6) is 0 Å². The quantitative estimate of drug-likeness (QED) is 0.417. The van der Waals surface area contributed by atoms with Gasteiger partial charge in [-0.25, -0.2) is 4.79 Å². The number of carbonyl (C=O) groups is 1. The average molecular weight is 456 g/mol. The maximum atomic E-state index is 13.6. The molecule has 2 unspecified atom stereocenters. The molecule has 0 amide bonds. The van der Waals surface area contributed by atoms with E-state index >= 15 is 0 Å². The first kappa shape index (κ1) is 22.6. The highest BCUT2D eigenvalue weighted by molar-refractivity contribution is 6.05. The van der Waals surface area contributed by atoms with E-state index in [9.17, 15) is 4.79 Å². The van der Waals surface area contributed by atoms with Gasteiger partial charge in [0.2, 0.25) is 0 Å². The zero-order valence-electron chi connectivity index (χ0n) is 20.5. The number of rotatable bonds is 5. The van der Waals surface area contributed by atoms with E-state index in [-0.39, 0.29) is 16.8 Å². The van der Waals surface area contributed by atoms with Gasteiger partial charge in [0.1, 0.15) is 11.3 Å². The minimum atomic E-state index is -0.339. The van der Waals surface area contributed by atoms with E-state index in [1.807, 2.05) is 67.6 Å². The molecule has 1 aliphatic heterocycles. The van der Waals surface area contributed by atoms with Crippen molar-refractivity contribution in [2.24, 2.45) is 10.8 Å². The van der Waals surface area contributed by atoms with E-state index in [2.05, 4.69) is 25.7 Å². The molecule has 5 heteroatoms. The summed E-state index contributed by atoms with van der Waals surface area (Å²) in [4.78, 5) is 15.9. The van der Waals surface area contributed by atoms with Gasteiger partial charge in [-0.05, 0) is 42.6 Å². The number of hydrogen-bond acceptors (Lipinski definition) is 5. The molecular formula is C29H33N3O2.